The van der Waals surface area contributed by atoms with Gasteiger partial charge in [0.25, 0.3) is 0 Å². The third kappa shape index (κ3) is 11.7. The number of nitrogens with zero attached hydrogens (tertiary/aromatic N) is 2. The van der Waals surface area contributed by atoms with E-state index in [0.717, 1.165) is 12.1 Å². The lowest BCUT2D eigenvalue weighted by molar-refractivity contribution is -0.503. The summed E-state index contributed by atoms with van der Waals surface area (Å²) in [6.07, 6.45) is 1.60. The highest BCUT2D eigenvalue weighted by Gasteiger charge is 2.51. The second kappa shape index (κ2) is 16.2. The number of aliphatic hydroxyl groups excluding tert-OH is 1. The third-order valence-corrected chi connectivity index (χ3v) is 4.40. The number of amides is 1. The fourth-order valence-corrected chi connectivity index (χ4v) is 2.87. The van der Waals surface area contributed by atoms with Crippen LogP contribution in [0.3, 0.4) is 0 Å². The number of hydrogen-bond acceptors (Lipinski definition) is 12. The number of rotatable bonds is 5. The molecule has 14 nitrogen and oxygen atoms in total. The Morgan fingerprint density at radius 2 is 1.55 bits per heavy atom. The predicted octanol–water partition coefficient (Wildman–Crippen LogP) is 1.56. The molecule has 0 unspecified atom stereocenters. The van der Waals surface area contributed by atoms with Crippen molar-refractivity contribution < 1.29 is 54.9 Å². The molecule has 1 aromatic rings. The number of nitro benzene ring substituents is 1. The molecule has 1 aliphatic rings. The van der Waals surface area contributed by atoms with E-state index in [1.165, 1.54) is 4.90 Å². The first-order valence-corrected chi connectivity index (χ1v) is 11.9. The maximum Gasteiger partial charge on any atom is 0.410 e. The highest BCUT2D eigenvalue weighted by molar-refractivity contribution is 5.75. The molecular weight excluding hydrogens is 508 g/mol. The van der Waals surface area contributed by atoms with Crippen LogP contribution >= 0.6 is 0 Å². The average molecular weight is 551 g/mol. The van der Waals surface area contributed by atoms with Crippen molar-refractivity contribution in [2.75, 3.05) is 19.9 Å². The average Bonchev–Trinajstić information content (AvgIpc) is 2.81. The Hall–Kier alpha value is -2.85. The van der Waals surface area contributed by atoms with E-state index >= 15 is 0 Å². The van der Waals surface area contributed by atoms with Gasteiger partial charge >= 0.3 is 23.7 Å². The molecule has 0 aromatic heterocycles. The Kier molecular flexibility index (Phi) is 15.9. The molecule has 0 fully saturated rings. The molecule has 220 valence electrons. The fourth-order valence-electron chi connectivity index (χ4n) is 2.87. The van der Waals surface area contributed by atoms with E-state index < -0.39 is 46.8 Å². The molecule has 0 bridgehead atoms. The molecule has 0 spiro atoms. The zero-order valence-corrected chi connectivity index (χ0v) is 23.1. The van der Waals surface area contributed by atoms with Crippen LogP contribution in [0.1, 0.15) is 66.0 Å². The third-order valence-electron chi connectivity index (χ3n) is 4.40. The van der Waals surface area contributed by atoms with Crippen LogP contribution in [0.4, 0.5) is 10.5 Å². The zero-order chi connectivity index (χ0) is 30.5. The fraction of sp³-hybridized carbons (Fsp3) is 0.625. The van der Waals surface area contributed by atoms with Crippen LogP contribution in [-0.4, -0.2) is 89.1 Å². The second-order valence-electron chi connectivity index (χ2n) is 8.28. The van der Waals surface area contributed by atoms with Gasteiger partial charge in [-0.25, -0.2) is 4.79 Å². The van der Waals surface area contributed by atoms with Gasteiger partial charge < -0.3 is 50.1 Å². The normalized spacial score (nSPS) is 13.3. The van der Waals surface area contributed by atoms with Gasteiger partial charge in [0.2, 0.25) is 5.75 Å². The van der Waals surface area contributed by atoms with Gasteiger partial charge in [-0.05, 0) is 56.9 Å². The number of carbonyl (C=O) groups excluding carboxylic acids is 1. The first kappa shape index (κ1) is 37.3. The predicted molar refractivity (Wildman–Crippen MR) is 137 cm³/mol. The molecule has 0 atom stereocenters. The lowest BCUT2D eigenvalue weighted by Gasteiger charge is -2.31. The van der Waals surface area contributed by atoms with E-state index in [1.54, 1.807) is 33.8 Å². The molecule has 7 N–H and O–H groups in total. The minimum Gasteiger partial charge on any atom is -0.444 e. The maximum atomic E-state index is 12.2. The zero-order valence-electron chi connectivity index (χ0n) is 23.1. The summed E-state index contributed by atoms with van der Waals surface area (Å²) < 4.78 is 9.89. The Balaban J connectivity index is 0. The van der Waals surface area contributed by atoms with E-state index in [1.807, 2.05) is 27.7 Å². The van der Waals surface area contributed by atoms with Gasteiger partial charge in [0.05, 0.1) is 4.92 Å². The van der Waals surface area contributed by atoms with Crippen LogP contribution in [0.2, 0.25) is 0 Å². The topological polar surface area (TPSA) is 224 Å². The SMILES string of the molecule is CC.CC.Cc1cc([N+](=O)[O-])c(OC(O)(O)C(O)(O)O)cc1C1=CCN(C(=O)OC(C)(C)C)CC1.OCO. The van der Waals surface area contributed by atoms with E-state index in [9.17, 15) is 25.1 Å². The van der Waals surface area contributed by atoms with Gasteiger partial charge in [0.15, 0.2) is 0 Å². The molecule has 1 aromatic carbocycles. The number of aliphatic hydroxyl groups is 7. The Morgan fingerprint density at radius 1 is 1.05 bits per heavy atom. The minimum absolute atomic E-state index is 0.216. The van der Waals surface area contributed by atoms with Crippen molar-refractivity contribution in [2.24, 2.45) is 0 Å². The molecule has 1 aliphatic heterocycles. The first-order chi connectivity index (χ1) is 17.4. The number of nitro groups is 1. The largest absolute Gasteiger partial charge is 0.444 e. The molecule has 1 heterocycles. The Labute approximate surface area is 222 Å². The molecule has 0 saturated carbocycles. The van der Waals surface area contributed by atoms with Gasteiger partial charge in [-0.1, -0.05) is 33.8 Å². The van der Waals surface area contributed by atoms with Gasteiger partial charge in [0.1, 0.15) is 12.4 Å². The van der Waals surface area contributed by atoms with Crippen molar-refractivity contribution in [3.8, 4) is 5.75 Å². The summed E-state index contributed by atoms with van der Waals surface area (Å²) in [5.74, 6) is -8.77. The van der Waals surface area contributed by atoms with E-state index in [0.29, 0.717) is 29.7 Å². The van der Waals surface area contributed by atoms with Gasteiger partial charge in [0, 0.05) is 19.2 Å². The number of hydrogen-bond donors (Lipinski definition) is 7. The van der Waals surface area contributed by atoms with Crippen molar-refractivity contribution in [1.29, 1.82) is 0 Å². The standard InChI is InChI=1S/C19H26N2O10.2C2H6.CH4O2/c1-11-9-14(21(28)29)15(30-19(26,27)18(23,24)25)10-13(11)12-5-7-20(8-6-12)16(22)31-17(2,3)4;2*1-2;2-1-3/h5,9-10,23-27H,6-8H2,1-4H3;2*1-2H3;2-3H,1H2. The minimum atomic E-state index is -4.11. The molecule has 14 heteroatoms. The summed E-state index contributed by atoms with van der Waals surface area (Å²) in [7, 11) is 0. The van der Waals surface area contributed by atoms with E-state index in [-0.39, 0.29) is 6.54 Å². The van der Waals surface area contributed by atoms with Gasteiger partial charge in [-0.2, -0.15) is 0 Å². The number of aryl methyl sites for hydroxylation is 1. The quantitative estimate of drug-likeness (QED) is 0.158. The van der Waals surface area contributed by atoms with E-state index in [2.05, 4.69) is 4.74 Å². The lowest BCUT2D eigenvalue weighted by Crippen LogP contribution is -2.58. The van der Waals surface area contributed by atoms with E-state index in [4.69, 9.17) is 30.3 Å². The van der Waals surface area contributed by atoms with Crippen molar-refractivity contribution in [3.63, 3.8) is 0 Å². The maximum absolute atomic E-state index is 12.2. The van der Waals surface area contributed by atoms with Crippen LogP contribution in [0.15, 0.2) is 18.2 Å². The molecule has 38 heavy (non-hydrogen) atoms. The van der Waals surface area contributed by atoms with Crippen LogP contribution in [-0.2, 0) is 4.74 Å². The molecule has 0 saturated heterocycles. The van der Waals surface area contributed by atoms with Crippen LogP contribution in [0, 0.1) is 17.0 Å². The highest BCUT2D eigenvalue weighted by Crippen LogP contribution is 2.37. The summed E-state index contributed by atoms with van der Waals surface area (Å²) in [6.45, 7) is 14.6. The van der Waals surface area contributed by atoms with Gasteiger partial charge in [-0.3, -0.25) is 10.1 Å². The number of benzene rings is 1. The van der Waals surface area contributed by atoms with Crippen molar-refractivity contribution >= 4 is 17.4 Å². The van der Waals surface area contributed by atoms with Crippen molar-refractivity contribution in [1.82, 2.24) is 4.90 Å². The van der Waals surface area contributed by atoms with Gasteiger partial charge in [-0.15, -0.1) is 0 Å². The van der Waals surface area contributed by atoms with Crippen molar-refractivity contribution in [3.05, 3.63) is 39.4 Å². The molecule has 0 aliphatic carbocycles. The summed E-state index contributed by atoms with van der Waals surface area (Å²) in [5, 5.41) is 71.8. The monoisotopic (exact) mass is 550 g/mol. The summed E-state index contributed by atoms with van der Waals surface area (Å²) in [4.78, 5) is 24.1. The number of carbonyl (C=O) groups is 1. The smallest absolute Gasteiger partial charge is 0.410 e. The Bertz CT molecular complexity index is 918. The summed E-state index contributed by atoms with van der Waals surface area (Å²) >= 11 is 0. The molecule has 0 radical (unpaired) electrons. The Morgan fingerprint density at radius 3 is 1.92 bits per heavy atom. The van der Waals surface area contributed by atoms with Crippen LogP contribution < -0.4 is 4.74 Å². The summed E-state index contributed by atoms with van der Waals surface area (Å²) in [6, 6.07) is 2.23. The molecule has 2 rings (SSSR count). The van der Waals surface area contributed by atoms with Crippen LogP contribution in [0.5, 0.6) is 5.75 Å². The molecule has 1 amide bonds. The van der Waals surface area contributed by atoms with Crippen molar-refractivity contribution in [2.45, 2.75) is 79.4 Å². The van der Waals surface area contributed by atoms with Crippen LogP contribution in [0.25, 0.3) is 5.57 Å². The molecular formula is C24H42N2O12. The summed E-state index contributed by atoms with van der Waals surface area (Å²) in [5.41, 5.74) is 0.261. The second-order valence-corrected chi connectivity index (χ2v) is 8.28. The number of ether oxygens (including phenoxy) is 2. The lowest BCUT2D eigenvalue weighted by atomic mass is 9.94. The first-order valence-electron chi connectivity index (χ1n) is 11.9. The highest BCUT2D eigenvalue weighted by atomic mass is 16.8.